The van der Waals surface area contributed by atoms with Crippen LogP contribution in [0, 0.1) is 0 Å². The molecule has 0 aliphatic heterocycles. The Labute approximate surface area is 156 Å². The quantitative estimate of drug-likeness (QED) is 0.572. The van der Waals surface area contributed by atoms with E-state index < -0.39 is 0 Å². The summed E-state index contributed by atoms with van der Waals surface area (Å²) in [6, 6.07) is 19.1. The average molecular weight is 358 g/mol. The van der Waals surface area contributed by atoms with Gasteiger partial charge in [-0.25, -0.2) is 4.98 Å². The molecule has 0 atom stereocenters. The molecule has 0 saturated carbocycles. The Morgan fingerprint density at radius 3 is 2.63 bits per heavy atom. The minimum Gasteiger partial charge on any atom is -0.356 e. The van der Waals surface area contributed by atoms with Crippen LogP contribution in [0.15, 0.2) is 83.9 Å². The van der Waals surface area contributed by atoms with Gasteiger partial charge in [0.2, 0.25) is 0 Å². The van der Waals surface area contributed by atoms with Gasteiger partial charge in [-0.05, 0) is 17.7 Å². The zero-order valence-electron chi connectivity index (χ0n) is 14.6. The van der Waals surface area contributed by atoms with Crippen molar-refractivity contribution in [3.8, 4) is 11.3 Å². The highest BCUT2D eigenvalue weighted by molar-refractivity contribution is 5.94. The van der Waals surface area contributed by atoms with Crippen LogP contribution in [0.5, 0.6) is 0 Å². The summed E-state index contributed by atoms with van der Waals surface area (Å²) >= 11 is 0. The van der Waals surface area contributed by atoms with Crippen molar-refractivity contribution < 1.29 is 9.32 Å². The highest BCUT2D eigenvalue weighted by atomic mass is 16.5. The van der Waals surface area contributed by atoms with Gasteiger partial charge in [-0.15, -0.1) is 0 Å². The number of imidazole rings is 1. The number of nitrogens with one attached hydrogen (secondary N) is 1. The molecule has 1 N–H and O–H groups in total. The fraction of sp³-hybridized carbons (Fsp3) is 0.0952. The van der Waals surface area contributed by atoms with E-state index in [4.69, 9.17) is 4.52 Å². The van der Waals surface area contributed by atoms with Crippen molar-refractivity contribution in [1.29, 1.82) is 0 Å². The molecule has 0 unspecified atom stereocenters. The Bertz CT molecular complexity index is 1010. The summed E-state index contributed by atoms with van der Waals surface area (Å²) in [5.41, 5.74) is 3.35. The number of aromatic nitrogens is 3. The Kier molecular flexibility index (Phi) is 4.78. The SMILES string of the molecule is O=C(NCc1cc(-c2ccccc2)on1)c1ccc(Cn2ccnc2)cc1. The van der Waals surface area contributed by atoms with E-state index in [0.717, 1.165) is 17.7 Å². The van der Waals surface area contributed by atoms with Crippen LogP contribution < -0.4 is 5.32 Å². The summed E-state index contributed by atoms with van der Waals surface area (Å²) in [7, 11) is 0. The molecule has 4 rings (SSSR count). The lowest BCUT2D eigenvalue weighted by molar-refractivity contribution is 0.0950. The van der Waals surface area contributed by atoms with Crippen LogP contribution in [0.3, 0.4) is 0 Å². The third-order valence-electron chi connectivity index (χ3n) is 4.19. The molecule has 0 aliphatic rings. The number of rotatable bonds is 6. The van der Waals surface area contributed by atoms with Crippen LogP contribution in [-0.4, -0.2) is 20.6 Å². The van der Waals surface area contributed by atoms with Crippen molar-refractivity contribution >= 4 is 5.91 Å². The van der Waals surface area contributed by atoms with E-state index in [1.165, 1.54) is 0 Å². The normalized spacial score (nSPS) is 10.7. The van der Waals surface area contributed by atoms with Crippen LogP contribution in [0.4, 0.5) is 0 Å². The molecule has 6 heteroatoms. The first-order valence-electron chi connectivity index (χ1n) is 8.62. The summed E-state index contributed by atoms with van der Waals surface area (Å²) in [6.07, 6.45) is 5.42. The van der Waals surface area contributed by atoms with Crippen LogP contribution in [0.25, 0.3) is 11.3 Å². The number of carbonyl (C=O) groups excluding carboxylic acids is 1. The maximum atomic E-state index is 12.3. The molecule has 1 amide bonds. The van der Waals surface area contributed by atoms with Gasteiger partial charge < -0.3 is 14.4 Å². The molecule has 0 spiro atoms. The van der Waals surface area contributed by atoms with Gasteiger partial charge in [0.25, 0.3) is 5.91 Å². The molecule has 2 aromatic carbocycles. The van der Waals surface area contributed by atoms with Crippen LogP contribution in [0.2, 0.25) is 0 Å². The maximum absolute atomic E-state index is 12.3. The fourth-order valence-electron chi connectivity index (χ4n) is 2.76. The van der Waals surface area contributed by atoms with Gasteiger partial charge in [0, 0.05) is 36.1 Å². The zero-order chi connectivity index (χ0) is 18.5. The number of amides is 1. The third kappa shape index (κ3) is 4.12. The number of nitrogens with zero attached hydrogens (tertiary/aromatic N) is 3. The first-order valence-corrected chi connectivity index (χ1v) is 8.62. The molecule has 2 heterocycles. The van der Waals surface area contributed by atoms with Gasteiger partial charge in [0.1, 0.15) is 5.69 Å². The topological polar surface area (TPSA) is 73.0 Å². The van der Waals surface area contributed by atoms with Crippen molar-refractivity contribution in [2.24, 2.45) is 0 Å². The molecule has 4 aromatic rings. The molecule has 0 fully saturated rings. The molecule has 0 radical (unpaired) electrons. The average Bonchev–Trinajstić information content (AvgIpc) is 3.39. The second-order valence-corrected chi connectivity index (χ2v) is 6.16. The minimum absolute atomic E-state index is 0.145. The summed E-state index contributed by atoms with van der Waals surface area (Å²) in [4.78, 5) is 16.4. The van der Waals surface area contributed by atoms with E-state index in [9.17, 15) is 4.79 Å². The number of hydrogen-bond donors (Lipinski definition) is 1. The van der Waals surface area contributed by atoms with Gasteiger partial charge in [-0.2, -0.15) is 0 Å². The lowest BCUT2D eigenvalue weighted by Crippen LogP contribution is -2.22. The van der Waals surface area contributed by atoms with E-state index in [1.54, 1.807) is 12.5 Å². The smallest absolute Gasteiger partial charge is 0.251 e. The van der Waals surface area contributed by atoms with Crippen LogP contribution in [-0.2, 0) is 13.1 Å². The van der Waals surface area contributed by atoms with Crippen molar-refractivity contribution in [2.75, 3.05) is 0 Å². The third-order valence-corrected chi connectivity index (χ3v) is 4.19. The maximum Gasteiger partial charge on any atom is 0.251 e. The highest BCUT2D eigenvalue weighted by Gasteiger charge is 2.09. The van der Waals surface area contributed by atoms with E-state index >= 15 is 0 Å². The molecule has 0 aliphatic carbocycles. The Morgan fingerprint density at radius 2 is 1.89 bits per heavy atom. The minimum atomic E-state index is -0.145. The predicted octanol–water partition coefficient (Wildman–Crippen LogP) is 3.52. The largest absolute Gasteiger partial charge is 0.356 e. The number of hydrogen-bond acceptors (Lipinski definition) is 4. The van der Waals surface area contributed by atoms with E-state index in [-0.39, 0.29) is 5.91 Å². The second-order valence-electron chi connectivity index (χ2n) is 6.16. The lowest BCUT2D eigenvalue weighted by Gasteiger charge is -2.05. The molecule has 6 nitrogen and oxygen atoms in total. The molecular weight excluding hydrogens is 340 g/mol. The Morgan fingerprint density at radius 1 is 1.07 bits per heavy atom. The van der Waals surface area contributed by atoms with Gasteiger partial charge in [0.05, 0.1) is 12.9 Å². The predicted molar refractivity (Wildman–Crippen MR) is 101 cm³/mol. The standard InChI is InChI=1S/C21H18N4O2/c26-21(18-8-6-16(7-9-18)14-25-11-10-22-15-25)23-13-19-12-20(27-24-19)17-4-2-1-3-5-17/h1-12,15H,13-14H2,(H,23,26). The van der Waals surface area contributed by atoms with Gasteiger partial charge in [0.15, 0.2) is 5.76 Å². The summed E-state index contributed by atoms with van der Waals surface area (Å²) in [6.45, 7) is 1.04. The first kappa shape index (κ1) is 16.8. The van der Waals surface area contributed by atoms with Gasteiger partial charge in [-0.1, -0.05) is 47.6 Å². The van der Waals surface area contributed by atoms with Crippen molar-refractivity contribution in [3.05, 3.63) is 96.2 Å². The van der Waals surface area contributed by atoms with E-state index in [1.807, 2.05) is 71.4 Å². The van der Waals surface area contributed by atoms with Crippen LogP contribution >= 0.6 is 0 Å². The highest BCUT2D eigenvalue weighted by Crippen LogP contribution is 2.19. The fourth-order valence-corrected chi connectivity index (χ4v) is 2.76. The molecule has 134 valence electrons. The van der Waals surface area contributed by atoms with E-state index in [0.29, 0.717) is 23.6 Å². The van der Waals surface area contributed by atoms with E-state index in [2.05, 4.69) is 15.5 Å². The Hall–Kier alpha value is -3.67. The molecular formula is C21H18N4O2. The van der Waals surface area contributed by atoms with Gasteiger partial charge in [-0.3, -0.25) is 4.79 Å². The van der Waals surface area contributed by atoms with Gasteiger partial charge >= 0.3 is 0 Å². The molecule has 0 saturated heterocycles. The number of benzene rings is 2. The second kappa shape index (κ2) is 7.70. The molecule has 27 heavy (non-hydrogen) atoms. The summed E-state index contributed by atoms with van der Waals surface area (Å²) < 4.78 is 7.32. The van der Waals surface area contributed by atoms with Crippen molar-refractivity contribution in [3.63, 3.8) is 0 Å². The number of carbonyl (C=O) groups is 1. The molecule has 2 aromatic heterocycles. The molecule has 0 bridgehead atoms. The van der Waals surface area contributed by atoms with Crippen molar-refractivity contribution in [1.82, 2.24) is 20.0 Å². The van der Waals surface area contributed by atoms with Crippen molar-refractivity contribution in [2.45, 2.75) is 13.1 Å². The monoisotopic (exact) mass is 358 g/mol. The zero-order valence-corrected chi connectivity index (χ0v) is 14.6. The van der Waals surface area contributed by atoms with Crippen LogP contribution in [0.1, 0.15) is 21.6 Å². The summed E-state index contributed by atoms with van der Waals surface area (Å²) in [5.74, 6) is 0.539. The summed E-state index contributed by atoms with van der Waals surface area (Å²) in [5, 5.41) is 6.88. The Balaban J connectivity index is 1.35. The first-order chi connectivity index (χ1) is 13.3. The lowest BCUT2D eigenvalue weighted by atomic mass is 10.1.